The molecule has 0 unspecified atom stereocenters. The number of carboxylic acids is 1. The first-order valence-corrected chi connectivity index (χ1v) is 11.0. The van der Waals surface area contributed by atoms with Crippen LogP contribution in [0, 0.1) is 0 Å². The summed E-state index contributed by atoms with van der Waals surface area (Å²) < 4.78 is 12.3. The number of morpholine rings is 1. The second-order valence-corrected chi connectivity index (χ2v) is 9.10. The fourth-order valence-corrected chi connectivity index (χ4v) is 3.57. The molecule has 10 nitrogen and oxygen atoms in total. The van der Waals surface area contributed by atoms with Gasteiger partial charge in [-0.2, -0.15) is 9.50 Å². The van der Waals surface area contributed by atoms with E-state index in [9.17, 15) is 4.79 Å². The fourth-order valence-electron chi connectivity index (χ4n) is 3.57. The van der Waals surface area contributed by atoms with Crippen molar-refractivity contribution < 1.29 is 19.4 Å². The lowest BCUT2D eigenvalue weighted by molar-refractivity contribution is -0.139. The van der Waals surface area contributed by atoms with E-state index in [1.54, 1.807) is 6.07 Å². The first kappa shape index (κ1) is 22.9. The third kappa shape index (κ3) is 5.96. The molecule has 0 bridgehead atoms. The lowest BCUT2D eigenvalue weighted by atomic mass is 9.87. The molecular formula is C23H30N6O4. The molecule has 0 aliphatic carbocycles. The molecule has 3 aromatic rings. The molecule has 1 saturated heterocycles. The SMILES string of the molecule is CC(C)(C)c1ccc(CNc2nc3nc(CN4CCOCC4)cc(OCC(=O)O)n3n2)cc1. The van der Waals surface area contributed by atoms with Crippen LogP contribution >= 0.6 is 0 Å². The van der Waals surface area contributed by atoms with Crippen molar-refractivity contribution in [3.8, 4) is 5.88 Å². The number of aromatic nitrogens is 4. The summed E-state index contributed by atoms with van der Waals surface area (Å²) in [6.07, 6.45) is 0. The average Bonchev–Trinajstić information content (AvgIpc) is 3.19. The molecule has 0 atom stereocenters. The Bertz CT molecular complexity index is 1100. The van der Waals surface area contributed by atoms with Crippen LogP contribution in [0.3, 0.4) is 0 Å². The first-order valence-electron chi connectivity index (χ1n) is 11.0. The minimum absolute atomic E-state index is 0.103. The number of nitrogens with one attached hydrogen (secondary N) is 1. The molecule has 1 aliphatic heterocycles. The van der Waals surface area contributed by atoms with Gasteiger partial charge in [0.2, 0.25) is 11.8 Å². The maximum absolute atomic E-state index is 11.0. The number of nitrogens with zero attached hydrogens (tertiary/aromatic N) is 5. The van der Waals surface area contributed by atoms with Gasteiger partial charge in [0.1, 0.15) is 0 Å². The van der Waals surface area contributed by atoms with Gasteiger partial charge in [0.15, 0.2) is 6.61 Å². The molecule has 3 heterocycles. The molecule has 1 aromatic carbocycles. The van der Waals surface area contributed by atoms with Crippen LogP contribution in [0.4, 0.5) is 5.95 Å². The smallest absolute Gasteiger partial charge is 0.341 e. The number of carbonyl (C=O) groups is 1. The molecule has 0 amide bonds. The number of benzene rings is 1. The lowest BCUT2D eigenvalue weighted by Crippen LogP contribution is -2.35. The minimum Gasteiger partial charge on any atom is -0.479 e. The Morgan fingerprint density at radius 2 is 1.91 bits per heavy atom. The van der Waals surface area contributed by atoms with Crippen LogP contribution < -0.4 is 10.1 Å². The Morgan fingerprint density at radius 1 is 1.18 bits per heavy atom. The zero-order valence-electron chi connectivity index (χ0n) is 19.2. The highest BCUT2D eigenvalue weighted by atomic mass is 16.5. The number of anilines is 1. The lowest BCUT2D eigenvalue weighted by Gasteiger charge is -2.26. The molecule has 33 heavy (non-hydrogen) atoms. The van der Waals surface area contributed by atoms with Crippen molar-refractivity contribution in [1.29, 1.82) is 0 Å². The molecule has 2 N–H and O–H groups in total. The molecule has 10 heteroatoms. The van der Waals surface area contributed by atoms with Crippen molar-refractivity contribution >= 4 is 17.7 Å². The number of rotatable bonds is 8. The van der Waals surface area contributed by atoms with Crippen LogP contribution in [0.25, 0.3) is 5.78 Å². The van der Waals surface area contributed by atoms with E-state index in [0.717, 1.165) is 24.3 Å². The van der Waals surface area contributed by atoms with Gasteiger partial charge in [-0.1, -0.05) is 45.0 Å². The summed E-state index contributed by atoms with van der Waals surface area (Å²) in [7, 11) is 0. The van der Waals surface area contributed by atoms with Crippen molar-refractivity contribution in [3.63, 3.8) is 0 Å². The summed E-state index contributed by atoms with van der Waals surface area (Å²) in [4.78, 5) is 22.4. The Hall–Kier alpha value is -3.24. The van der Waals surface area contributed by atoms with Gasteiger partial charge in [-0.25, -0.2) is 9.78 Å². The third-order valence-corrected chi connectivity index (χ3v) is 5.44. The Labute approximate surface area is 192 Å². The van der Waals surface area contributed by atoms with Gasteiger partial charge >= 0.3 is 5.97 Å². The summed E-state index contributed by atoms with van der Waals surface area (Å²) >= 11 is 0. The van der Waals surface area contributed by atoms with Gasteiger partial charge in [-0.15, -0.1) is 5.10 Å². The molecule has 1 fully saturated rings. The van der Waals surface area contributed by atoms with Crippen LogP contribution in [0.15, 0.2) is 30.3 Å². The number of hydrogen-bond acceptors (Lipinski definition) is 8. The van der Waals surface area contributed by atoms with Crippen molar-refractivity contribution in [2.45, 2.75) is 39.3 Å². The van der Waals surface area contributed by atoms with E-state index >= 15 is 0 Å². The van der Waals surface area contributed by atoms with E-state index < -0.39 is 12.6 Å². The van der Waals surface area contributed by atoms with Crippen LogP contribution in [-0.2, 0) is 28.0 Å². The van der Waals surface area contributed by atoms with E-state index in [1.807, 2.05) is 0 Å². The molecular weight excluding hydrogens is 424 g/mol. The summed E-state index contributed by atoms with van der Waals surface area (Å²) in [5, 5.41) is 16.7. The van der Waals surface area contributed by atoms with Crippen LogP contribution in [-0.4, -0.2) is 68.5 Å². The van der Waals surface area contributed by atoms with E-state index in [4.69, 9.17) is 14.6 Å². The highest BCUT2D eigenvalue weighted by Crippen LogP contribution is 2.22. The molecule has 0 saturated carbocycles. The molecule has 0 spiro atoms. The quantitative estimate of drug-likeness (QED) is 0.529. The zero-order chi connectivity index (χ0) is 23.4. The average molecular weight is 455 g/mol. The largest absolute Gasteiger partial charge is 0.479 e. The first-order chi connectivity index (χ1) is 15.8. The highest BCUT2D eigenvalue weighted by molar-refractivity contribution is 5.68. The van der Waals surface area contributed by atoms with Gasteiger partial charge in [0.05, 0.1) is 18.9 Å². The maximum Gasteiger partial charge on any atom is 0.341 e. The van der Waals surface area contributed by atoms with Crippen molar-refractivity contribution in [1.82, 2.24) is 24.5 Å². The second kappa shape index (κ2) is 9.72. The summed E-state index contributed by atoms with van der Waals surface area (Å²) in [5.74, 6) is -0.0228. The van der Waals surface area contributed by atoms with E-state index in [0.29, 0.717) is 43.9 Å². The number of hydrogen-bond donors (Lipinski definition) is 2. The summed E-state index contributed by atoms with van der Waals surface area (Å²) in [6.45, 7) is 10.2. The minimum atomic E-state index is -1.06. The maximum atomic E-state index is 11.0. The fraction of sp³-hybridized carbons (Fsp3) is 0.478. The normalized spacial score (nSPS) is 15.0. The van der Waals surface area contributed by atoms with Gasteiger partial charge < -0.3 is 19.9 Å². The van der Waals surface area contributed by atoms with Gasteiger partial charge in [0, 0.05) is 32.2 Å². The molecule has 4 rings (SSSR count). The zero-order valence-corrected chi connectivity index (χ0v) is 19.2. The van der Waals surface area contributed by atoms with E-state index in [2.05, 4.69) is 70.3 Å². The van der Waals surface area contributed by atoms with Gasteiger partial charge in [0.25, 0.3) is 5.78 Å². The van der Waals surface area contributed by atoms with Crippen molar-refractivity contribution in [2.75, 3.05) is 38.2 Å². The predicted octanol–water partition coefficient (Wildman–Crippen LogP) is 2.33. The number of aliphatic carboxylic acids is 1. The third-order valence-electron chi connectivity index (χ3n) is 5.44. The molecule has 0 radical (unpaired) electrons. The van der Waals surface area contributed by atoms with Gasteiger partial charge in [-0.3, -0.25) is 4.90 Å². The topological polar surface area (TPSA) is 114 Å². The second-order valence-electron chi connectivity index (χ2n) is 9.10. The number of ether oxygens (including phenoxy) is 2. The number of fused-ring (bicyclic) bond motifs is 1. The highest BCUT2D eigenvalue weighted by Gasteiger charge is 2.17. The predicted molar refractivity (Wildman–Crippen MR) is 122 cm³/mol. The molecule has 176 valence electrons. The van der Waals surface area contributed by atoms with Crippen LogP contribution in [0.2, 0.25) is 0 Å². The Balaban J connectivity index is 1.52. The molecule has 1 aliphatic rings. The van der Waals surface area contributed by atoms with Gasteiger partial charge in [-0.05, 0) is 16.5 Å². The van der Waals surface area contributed by atoms with Crippen LogP contribution in [0.5, 0.6) is 5.88 Å². The summed E-state index contributed by atoms with van der Waals surface area (Å²) in [5.41, 5.74) is 3.22. The summed E-state index contributed by atoms with van der Waals surface area (Å²) in [6, 6.07) is 10.2. The van der Waals surface area contributed by atoms with Crippen molar-refractivity contribution in [2.24, 2.45) is 0 Å². The number of carboxylic acid groups (broad SMARTS) is 1. The standard InChI is InChI=1S/C23H30N6O4/c1-23(2,3)17-6-4-16(5-7-17)13-24-21-26-22-25-18(14-28-8-10-32-11-9-28)12-19(29(22)27-21)33-15-20(30)31/h4-7,12H,8-11,13-15H2,1-3H3,(H,24,27)(H,30,31). The molecule has 2 aromatic heterocycles. The Morgan fingerprint density at radius 3 is 2.58 bits per heavy atom. The Kier molecular flexibility index (Phi) is 6.75. The monoisotopic (exact) mass is 454 g/mol. The van der Waals surface area contributed by atoms with Crippen LogP contribution in [0.1, 0.15) is 37.6 Å². The van der Waals surface area contributed by atoms with Crippen molar-refractivity contribution in [3.05, 3.63) is 47.2 Å². The van der Waals surface area contributed by atoms with E-state index in [-0.39, 0.29) is 5.41 Å². The van der Waals surface area contributed by atoms with E-state index in [1.165, 1.54) is 10.1 Å².